The molecule has 1 atom stereocenters. The third kappa shape index (κ3) is 4.26. The van der Waals surface area contributed by atoms with E-state index in [1.54, 1.807) is 12.1 Å². The van der Waals surface area contributed by atoms with Crippen LogP contribution in [0.5, 0.6) is 5.75 Å². The monoisotopic (exact) mass is 419 g/mol. The fraction of sp³-hybridized carbons (Fsp3) is 0.368. The fourth-order valence-electron chi connectivity index (χ4n) is 3.25. The third-order valence-electron chi connectivity index (χ3n) is 4.62. The van der Waals surface area contributed by atoms with Gasteiger partial charge in [-0.15, -0.1) is 21.5 Å². The van der Waals surface area contributed by atoms with E-state index in [2.05, 4.69) is 10.2 Å². The van der Waals surface area contributed by atoms with Crippen LogP contribution in [0.15, 0.2) is 52.3 Å². The predicted octanol–water partition coefficient (Wildman–Crippen LogP) is 3.73. The number of hydrogen-bond acceptors (Lipinski definition) is 7. The zero-order chi connectivity index (χ0) is 19.4. The summed E-state index contributed by atoms with van der Waals surface area (Å²) >= 11 is 1.51. The second-order valence-electron chi connectivity index (χ2n) is 6.52. The first-order valence-corrected chi connectivity index (χ1v) is 11.7. The average molecular weight is 420 g/mol. The number of piperidine rings is 1. The van der Waals surface area contributed by atoms with Crippen molar-refractivity contribution in [3.63, 3.8) is 0 Å². The maximum atomic E-state index is 13.0. The summed E-state index contributed by atoms with van der Waals surface area (Å²) in [6.07, 6.45) is 2.42. The van der Waals surface area contributed by atoms with Crippen molar-refractivity contribution in [2.45, 2.75) is 25.3 Å². The number of aromatic nitrogens is 2. The Hall–Kier alpha value is -2.23. The molecule has 28 heavy (non-hydrogen) atoms. The van der Waals surface area contributed by atoms with E-state index in [-0.39, 0.29) is 12.4 Å². The summed E-state index contributed by atoms with van der Waals surface area (Å²) in [7, 11) is -3.51. The molecule has 0 radical (unpaired) electrons. The van der Waals surface area contributed by atoms with Crippen molar-refractivity contribution >= 4 is 21.4 Å². The number of benzene rings is 1. The van der Waals surface area contributed by atoms with E-state index < -0.39 is 16.1 Å². The highest BCUT2D eigenvalue weighted by Crippen LogP contribution is 2.34. The number of thiophene rings is 1. The van der Waals surface area contributed by atoms with Crippen molar-refractivity contribution in [1.82, 2.24) is 14.5 Å². The molecule has 1 fully saturated rings. The van der Waals surface area contributed by atoms with Crippen LogP contribution >= 0.6 is 11.3 Å². The van der Waals surface area contributed by atoms with Crippen LogP contribution < -0.4 is 4.74 Å². The van der Waals surface area contributed by atoms with Crippen molar-refractivity contribution in [2.75, 3.05) is 18.9 Å². The van der Waals surface area contributed by atoms with Crippen LogP contribution in [0.1, 0.15) is 31.2 Å². The quantitative estimate of drug-likeness (QED) is 0.580. The van der Waals surface area contributed by atoms with Crippen molar-refractivity contribution in [3.05, 3.63) is 53.7 Å². The second-order valence-corrected chi connectivity index (χ2v) is 9.51. The van der Waals surface area contributed by atoms with Gasteiger partial charge in [0.2, 0.25) is 15.9 Å². The number of sulfonamides is 1. The molecule has 0 N–H and O–H groups in total. The topological polar surface area (TPSA) is 85.5 Å². The Labute approximate surface area is 168 Å². The third-order valence-corrected chi connectivity index (χ3v) is 7.31. The molecular formula is C19H21N3O4S2. The van der Waals surface area contributed by atoms with E-state index in [0.717, 1.165) is 17.7 Å². The van der Waals surface area contributed by atoms with E-state index in [9.17, 15) is 8.42 Å². The van der Waals surface area contributed by atoms with Gasteiger partial charge in [0, 0.05) is 6.54 Å². The number of para-hydroxylation sites is 1. The van der Waals surface area contributed by atoms with Gasteiger partial charge in [0.25, 0.3) is 5.89 Å². The molecule has 0 unspecified atom stereocenters. The van der Waals surface area contributed by atoms with Crippen molar-refractivity contribution in [1.29, 1.82) is 0 Å². The van der Waals surface area contributed by atoms with E-state index >= 15 is 0 Å². The summed E-state index contributed by atoms with van der Waals surface area (Å²) in [4.78, 5) is 0.875. The van der Waals surface area contributed by atoms with Crippen molar-refractivity contribution < 1.29 is 17.6 Å². The van der Waals surface area contributed by atoms with E-state index in [0.29, 0.717) is 30.5 Å². The molecule has 148 valence electrons. The summed E-state index contributed by atoms with van der Waals surface area (Å²) in [6, 6.07) is 12.6. The van der Waals surface area contributed by atoms with Gasteiger partial charge in [-0.25, -0.2) is 8.42 Å². The Morgan fingerprint density at radius 3 is 2.79 bits per heavy atom. The first-order valence-electron chi connectivity index (χ1n) is 9.18. The molecule has 2 aromatic heterocycles. The summed E-state index contributed by atoms with van der Waals surface area (Å²) in [6.45, 7) is 0.550. The molecule has 7 nitrogen and oxygen atoms in total. The number of nitrogens with zero attached hydrogens (tertiary/aromatic N) is 3. The minimum atomic E-state index is -3.51. The molecular weight excluding hydrogens is 398 g/mol. The smallest absolute Gasteiger partial charge is 0.257 e. The summed E-state index contributed by atoms with van der Waals surface area (Å²) < 4.78 is 38.8. The lowest BCUT2D eigenvalue weighted by atomic mass is 10.1. The number of ether oxygens (including phenoxy) is 1. The molecule has 1 saturated heterocycles. The van der Waals surface area contributed by atoms with E-state index in [1.807, 2.05) is 35.7 Å². The van der Waals surface area contributed by atoms with Crippen LogP contribution in [-0.4, -0.2) is 41.8 Å². The molecule has 0 amide bonds. The van der Waals surface area contributed by atoms with Crippen LogP contribution in [0, 0.1) is 0 Å². The largest absolute Gasteiger partial charge is 0.492 e. The predicted molar refractivity (Wildman–Crippen MR) is 107 cm³/mol. The Morgan fingerprint density at radius 1 is 1.14 bits per heavy atom. The normalized spacial score (nSPS) is 18.2. The highest BCUT2D eigenvalue weighted by atomic mass is 32.2. The molecule has 4 rings (SSSR count). The first kappa shape index (κ1) is 19.1. The lowest BCUT2D eigenvalue weighted by Crippen LogP contribution is -2.41. The highest BCUT2D eigenvalue weighted by molar-refractivity contribution is 7.89. The summed E-state index contributed by atoms with van der Waals surface area (Å²) in [5.41, 5.74) is 0. The van der Waals surface area contributed by atoms with Gasteiger partial charge in [-0.05, 0) is 36.4 Å². The van der Waals surface area contributed by atoms with Gasteiger partial charge >= 0.3 is 0 Å². The minimum absolute atomic E-state index is 0.0929. The summed E-state index contributed by atoms with van der Waals surface area (Å²) in [5.74, 6) is 1.35. The Balaban J connectivity index is 1.47. The number of hydrogen-bond donors (Lipinski definition) is 0. The maximum Gasteiger partial charge on any atom is 0.257 e. The van der Waals surface area contributed by atoms with Gasteiger partial charge < -0.3 is 9.15 Å². The zero-order valence-electron chi connectivity index (χ0n) is 15.2. The first-order chi connectivity index (χ1) is 13.6. The molecule has 1 aliphatic rings. The molecule has 1 aliphatic heterocycles. The zero-order valence-corrected chi connectivity index (χ0v) is 16.9. The van der Waals surface area contributed by atoms with Gasteiger partial charge in [-0.3, -0.25) is 0 Å². The molecule has 1 aromatic carbocycles. The van der Waals surface area contributed by atoms with Gasteiger partial charge in [0.1, 0.15) is 18.4 Å². The van der Waals surface area contributed by atoms with Crippen molar-refractivity contribution in [3.8, 4) is 16.5 Å². The fourth-order valence-corrected chi connectivity index (χ4v) is 5.42. The highest BCUT2D eigenvalue weighted by Gasteiger charge is 2.36. The Morgan fingerprint density at radius 2 is 2.00 bits per heavy atom. The molecule has 0 saturated carbocycles. The molecule has 9 heteroatoms. The average Bonchev–Trinajstić information content (AvgIpc) is 3.40. The van der Waals surface area contributed by atoms with Crippen LogP contribution in [0.25, 0.3) is 10.8 Å². The lowest BCUT2D eigenvalue weighted by molar-refractivity contribution is 0.218. The standard InChI is InChI=1S/C19H21N3O4S2/c23-28(24,14-12-25-15-7-2-1-3-8-15)22-11-5-4-9-16(22)18-20-21-19(26-18)17-10-6-13-27-17/h1-3,6-8,10,13,16H,4-5,9,11-12,14H2/t16-/m0/s1. The van der Waals surface area contributed by atoms with Gasteiger partial charge in [0.05, 0.1) is 10.6 Å². The molecule has 3 aromatic rings. The Kier molecular flexibility index (Phi) is 5.74. The van der Waals surface area contributed by atoms with Crippen LogP contribution in [-0.2, 0) is 10.0 Å². The summed E-state index contributed by atoms with van der Waals surface area (Å²) in [5, 5.41) is 10.2. The van der Waals surface area contributed by atoms with Gasteiger partial charge in [0.15, 0.2) is 0 Å². The molecule has 0 spiro atoms. The lowest BCUT2D eigenvalue weighted by Gasteiger charge is -2.32. The van der Waals surface area contributed by atoms with Crippen LogP contribution in [0.2, 0.25) is 0 Å². The van der Waals surface area contributed by atoms with Crippen LogP contribution in [0.3, 0.4) is 0 Å². The van der Waals surface area contributed by atoms with Gasteiger partial charge in [-0.2, -0.15) is 4.31 Å². The van der Waals surface area contributed by atoms with Crippen LogP contribution in [0.4, 0.5) is 0 Å². The molecule has 0 bridgehead atoms. The maximum absolute atomic E-state index is 13.0. The second kappa shape index (κ2) is 8.42. The molecule has 3 heterocycles. The van der Waals surface area contributed by atoms with E-state index in [4.69, 9.17) is 9.15 Å². The Bertz CT molecular complexity index is 987. The van der Waals surface area contributed by atoms with Gasteiger partial charge in [-0.1, -0.05) is 30.7 Å². The number of rotatable bonds is 7. The molecule has 0 aliphatic carbocycles. The SMILES string of the molecule is O=S(=O)(CCOc1ccccc1)N1CCCC[C@H]1c1nnc(-c2cccs2)o1. The van der Waals surface area contributed by atoms with E-state index in [1.165, 1.54) is 15.6 Å². The van der Waals surface area contributed by atoms with Crippen molar-refractivity contribution in [2.24, 2.45) is 0 Å². The minimum Gasteiger partial charge on any atom is -0.492 e.